The molecule has 1 aromatic rings. The Bertz CT molecular complexity index is 470. The molecule has 3 nitrogen and oxygen atoms in total. The lowest BCUT2D eigenvalue weighted by Gasteiger charge is -2.35. The molecule has 0 spiro atoms. The predicted octanol–water partition coefficient (Wildman–Crippen LogP) is 3.49. The first-order chi connectivity index (χ1) is 9.67. The molecule has 1 aliphatic rings. The Morgan fingerprint density at radius 3 is 2.65 bits per heavy atom. The number of halogens is 1. The van der Waals surface area contributed by atoms with Crippen LogP contribution in [0.5, 0.6) is 5.75 Å². The zero-order chi connectivity index (χ0) is 14.5. The van der Waals surface area contributed by atoms with Crippen LogP contribution in [0.15, 0.2) is 18.2 Å². The van der Waals surface area contributed by atoms with E-state index in [1.165, 1.54) is 0 Å². The van der Waals surface area contributed by atoms with Gasteiger partial charge >= 0.3 is 0 Å². The molecule has 4 heteroatoms. The van der Waals surface area contributed by atoms with E-state index in [9.17, 15) is 4.79 Å². The molecule has 2 rings (SSSR count). The number of rotatable bonds is 6. The lowest BCUT2D eigenvalue weighted by Crippen LogP contribution is -2.44. The fourth-order valence-electron chi connectivity index (χ4n) is 2.86. The number of fused-ring (bicyclic) bond motifs is 1. The zero-order valence-electron chi connectivity index (χ0n) is 12.2. The van der Waals surface area contributed by atoms with Crippen molar-refractivity contribution in [1.29, 1.82) is 0 Å². The molecule has 1 unspecified atom stereocenters. The molecule has 0 bridgehead atoms. The van der Waals surface area contributed by atoms with Crippen LogP contribution < -0.4 is 4.74 Å². The maximum atomic E-state index is 11.5. The van der Waals surface area contributed by atoms with Crippen molar-refractivity contribution in [3.63, 3.8) is 0 Å². The highest BCUT2D eigenvalue weighted by Crippen LogP contribution is 2.30. The minimum absolute atomic E-state index is 0.333. The topological polar surface area (TPSA) is 29.5 Å². The van der Waals surface area contributed by atoms with E-state index in [4.69, 9.17) is 16.3 Å². The predicted molar refractivity (Wildman–Crippen MR) is 81.8 cm³/mol. The summed E-state index contributed by atoms with van der Waals surface area (Å²) in [7, 11) is 0. The number of carbonyl (C=O) groups excluding carboxylic acids is 1. The van der Waals surface area contributed by atoms with Crippen molar-refractivity contribution in [3.8, 4) is 5.75 Å². The van der Waals surface area contributed by atoms with Crippen LogP contribution in [0.3, 0.4) is 0 Å². The Kier molecular flexibility index (Phi) is 5.44. The summed E-state index contributed by atoms with van der Waals surface area (Å²) in [5.74, 6) is 0.806. The standard InChI is InChI=1S/C16H22ClNO2/c1-3-8-18(9-4-2)12-10-14-13(16(17)19)6-5-7-15(14)20-11-12/h5-7,12H,3-4,8-11H2,1-2H3. The second-order valence-electron chi connectivity index (χ2n) is 5.26. The maximum absolute atomic E-state index is 11.5. The molecule has 0 amide bonds. The quantitative estimate of drug-likeness (QED) is 0.752. The number of hydrogen-bond donors (Lipinski definition) is 0. The van der Waals surface area contributed by atoms with Crippen molar-refractivity contribution in [2.45, 2.75) is 39.2 Å². The molecule has 1 aromatic carbocycles. The smallest absolute Gasteiger partial charge is 0.252 e. The average molecular weight is 296 g/mol. The van der Waals surface area contributed by atoms with Crippen LogP contribution in [-0.2, 0) is 6.42 Å². The summed E-state index contributed by atoms with van der Waals surface area (Å²) < 4.78 is 5.85. The molecule has 0 saturated carbocycles. The fraction of sp³-hybridized carbons (Fsp3) is 0.562. The number of ether oxygens (including phenoxy) is 1. The van der Waals surface area contributed by atoms with E-state index in [0.717, 1.165) is 43.7 Å². The maximum Gasteiger partial charge on any atom is 0.252 e. The Balaban J connectivity index is 2.22. The van der Waals surface area contributed by atoms with E-state index in [2.05, 4.69) is 18.7 Å². The van der Waals surface area contributed by atoms with E-state index in [1.807, 2.05) is 12.1 Å². The molecule has 0 fully saturated rings. The molecule has 0 radical (unpaired) electrons. The molecular formula is C16H22ClNO2. The SMILES string of the molecule is CCCN(CCC)C1COc2cccc(C(=O)Cl)c2C1. The lowest BCUT2D eigenvalue weighted by molar-refractivity contribution is 0.106. The molecule has 0 aliphatic carbocycles. The molecule has 20 heavy (non-hydrogen) atoms. The average Bonchev–Trinajstić information content (AvgIpc) is 2.45. The van der Waals surface area contributed by atoms with Crippen LogP contribution in [0.4, 0.5) is 0 Å². The molecule has 1 heterocycles. The van der Waals surface area contributed by atoms with Gasteiger partial charge in [-0.15, -0.1) is 0 Å². The first-order valence-electron chi connectivity index (χ1n) is 7.35. The van der Waals surface area contributed by atoms with Gasteiger partial charge in [0.2, 0.25) is 0 Å². The van der Waals surface area contributed by atoms with Crippen molar-refractivity contribution in [1.82, 2.24) is 4.90 Å². The molecular weight excluding hydrogens is 274 g/mol. The Morgan fingerprint density at radius 2 is 2.05 bits per heavy atom. The molecule has 1 aliphatic heterocycles. The van der Waals surface area contributed by atoms with Crippen molar-refractivity contribution < 1.29 is 9.53 Å². The molecule has 1 atom stereocenters. The summed E-state index contributed by atoms with van der Waals surface area (Å²) in [6, 6.07) is 5.85. The van der Waals surface area contributed by atoms with Gasteiger partial charge in [-0.3, -0.25) is 9.69 Å². The number of benzene rings is 1. The van der Waals surface area contributed by atoms with Gasteiger partial charge in [0, 0.05) is 17.2 Å². The van der Waals surface area contributed by atoms with Crippen molar-refractivity contribution in [3.05, 3.63) is 29.3 Å². The summed E-state index contributed by atoms with van der Waals surface area (Å²) in [6.07, 6.45) is 3.09. The number of nitrogens with zero attached hydrogens (tertiary/aromatic N) is 1. The first-order valence-corrected chi connectivity index (χ1v) is 7.73. The van der Waals surface area contributed by atoms with Gasteiger partial charge in [0.1, 0.15) is 12.4 Å². The van der Waals surface area contributed by atoms with Crippen LogP contribution in [0.25, 0.3) is 0 Å². The van der Waals surface area contributed by atoms with Gasteiger partial charge in [-0.1, -0.05) is 19.9 Å². The van der Waals surface area contributed by atoms with Gasteiger partial charge in [-0.2, -0.15) is 0 Å². The van der Waals surface area contributed by atoms with E-state index >= 15 is 0 Å². The summed E-state index contributed by atoms with van der Waals surface area (Å²) in [6.45, 7) is 7.19. The van der Waals surface area contributed by atoms with Gasteiger partial charge in [0.05, 0.1) is 0 Å². The second kappa shape index (κ2) is 7.09. The van der Waals surface area contributed by atoms with Crippen LogP contribution in [0, 0.1) is 0 Å². The monoisotopic (exact) mass is 295 g/mol. The van der Waals surface area contributed by atoms with E-state index in [-0.39, 0.29) is 0 Å². The molecule has 0 N–H and O–H groups in total. The normalized spacial score (nSPS) is 17.7. The third-order valence-corrected chi connectivity index (χ3v) is 3.96. The first kappa shape index (κ1) is 15.3. The summed E-state index contributed by atoms with van der Waals surface area (Å²) in [5, 5.41) is -0.399. The highest BCUT2D eigenvalue weighted by molar-refractivity contribution is 6.68. The lowest BCUT2D eigenvalue weighted by atomic mass is 9.96. The van der Waals surface area contributed by atoms with Gasteiger partial charge in [-0.25, -0.2) is 0 Å². The summed E-state index contributed by atoms with van der Waals surface area (Å²) in [4.78, 5) is 14.0. The van der Waals surface area contributed by atoms with E-state index < -0.39 is 5.24 Å². The highest BCUT2D eigenvalue weighted by Gasteiger charge is 2.27. The van der Waals surface area contributed by atoms with Gasteiger partial charge in [0.15, 0.2) is 0 Å². The Hall–Kier alpha value is -1.06. The summed E-state index contributed by atoms with van der Waals surface area (Å²) >= 11 is 5.68. The zero-order valence-corrected chi connectivity index (χ0v) is 12.9. The van der Waals surface area contributed by atoms with Crippen molar-refractivity contribution in [2.24, 2.45) is 0 Å². The third-order valence-electron chi connectivity index (χ3n) is 3.75. The third kappa shape index (κ3) is 3.33. The van der Waals surface area contributed by atoms with Gasteiger partial charge in [-0.05, 0) is 56.1 Å². The highest BCUT2D eigenvalue weighted by atomic mass is 35.5. The Morgan fingerprint density at radius 1 is 1.35 bits per heavy atom. The second-order valence-corrected chi connectivity index (χ2v) is 5.60. The Labute approximate surface area is 125 Å². The fourth-order valence-corrected chi connectivity index (χ4v) is 3.04. The van der Waals surface area contributed by atoms with Gasteiger partial charge in [0.25, 0.3) is 5.24 Å². The largest absolute Gasteiger partial charge is 0.492 e. The molecule has 0 aromatic heterocycles. The van der Waals surface area contributed by atoms with Crippen molar-refractivity contribution in [2.75, 3.05) is 19.7 Å². The minimum atomic E-state index is -0.399. The number of hydrogen-bond acceptors (Lipinski definition) is 3. The van der Waals surface area contributed by atoms with Gasteiger partial charge < -0.3 is 4.74 Å². The van der Waals surface area contributed by atoms with E-state index in [0.29, 0.717) is 18.2 Å². The van der Waals surface area contributed by atoms with Crippen molar-refractivity contribution >= 4 is 16.8 Å². The van der Waals surface area contributed by atoms with Crippen LogP contribution >= 0.6 is 11.6 Å². The van der Waals surface area contributed by atoms with E-state index in [1.54, 1.807) is 6.07 Å². The molecule has 0 saturated heterocycles. The van der Waals surface area contributed by atoms with Crippen LogP contribution in [-0.4, -0.2) is 35.9 Å². The van der Waals surface area contributed by atoms with Crippen LogP contribution in [0.1, 0.15) is 42.6 Å². The minimum Gasteiger partial charge on any atom is -0.492 e. The number of carbonyl (C=O) groups is 1. The molecule has 110 valence electrons. The van der Waals surface area contributed by atoms with Crippen LogP contribution in [0.2, 0.25) is 0 Å². The summed E-state index contributed by atoms with van der Waals surface area (Å²) in [5.41, 5.74) is 1.54.